The van der Waals surface area contributed by atoms with Gasteiger partial charge in [0.05, 0.1) is 0 Å². The first-order chi connectivity index (χ1) is 6.13. The number of nitrogens with two attached hydrogens (primary N) is 1. The molecule has 13 heavy (non-hydrogen) atoms. The quantitative estimate of drug-likeness (QED) is 0.800. The first-order valence-corrected chi connectivity index (χ1v) is 5.24. The third kappa shape index (κ3) is 2.92. The van der Waals surface area contributed by atoms with E-state index in [1.807, 2.05) is 18.2 Å². The van der Waals surface area contributed by atoms with Gasteiger partial charge in [0.25, 0.3) is 0 Å². The summed E-state index contributed by atoms with van der Waals surface area (Å²) in [5.74, 6) is 0. The topological polar surface area (TPSA) is 38.0 Å². The fourth-order valence-corrected chi connectivity index (χ4v) is 1.27. The Hall–Kier alpha value is -0.700. The number of anilines is 2. The van der Waals surface area contributed by atoms with Gasteiger partial charge in [-0.1, -0.05) is 6.92 Å². The number of benzene rings is 1. The predicted molar refractivity (Wildman–Crippen MR) is 61.9 cm³/mol. The molecule has 0 aromatic heterocycles. The van der Waals surface area contributed by atoms with Crippen molar-refractivity contribution in [3.8, 4) is 0 Å². The Labute approximate surface area is 87.6 Å². The van der Waals surface area contributed by atoms with Crippen LogP contribution in [0.1, 0.15) is 20.3 Å². The monoisotopic (exact) mass is 242 g/mol. The van der Waals surface area contributed by atoms with Crippen molar-refractivity contribution in [3.63, 3.8) is 0 Å². The van der Waals surface area contributed by atoms with Crippen LogP contribution in [0.4, 0.5) is 11.4 Å². The Morgan fingerprint density at radius 2 is 2.23 bits per heavy atom. The highest BCUT2D eigenvalue weighted by atomic mass is 79.9. The van der Waals surface area contributed by atoms with E-state index < -0.39 is 0 Å². The molecule has 3 N–H and O–H groups in total. The number of halogens is 1. The second-order valence-electron chi connectivity index (χ2n) is 3.19. The molecule has 1 atom stereocenters. The third-order valence-electron chi connectivity index (χ3n) is 2.02. The van der Waals surface area contributed by atoms with Gasteiger partial charge in [0, 0.05) is 21.9 Å². The van der Waals surface area contributed by atoms with Crippen LogP contribution in [0.5, 0.6) is 0 Å². The van der Waals surface area contributed by atoms with Crippen LogP contribution in [0.25, 0.3) is 0 Å². The van der Waals surface area contributed by atoms with Gasteiger partial charge in [0.2, 0.25) is 0 Å². The fraction of sp³-hybridized carbons (Fsp3) is 0.400. The van der Waals surface area contributed by atoms with Crippen LogP contribution in [-0.4, -0.2) is 6.04 Å². The smallest absolute Gasteiger partial charge is 0.0479 e. The van der Waals surface area contributed by atoms with E-state index >= 15 is 0 Å². The highest BCUT2D eigenvalue weighted by molar-refractivity contribution is 9.10. The summed E-state index contributed by atoms with van der Waals surface area (Å²) in [5, 5.41) is 3.36. The standard InChI is InChI=1S/C10H15BrN2/c1-3-7(2)13-8-4-5-9(11)10(12)6-8/h4-7,13H,3,12H2,1-2H3. The lowest BCUT2D eigenvalue weighted by molar-refractivity contribution is 0.764. The zero-order valence-corrected chi connectivity index (χ0v) is 9.56. The van der Waals surface area contributed by atoms with Gasteiger partial charge in [-0.05, 0) is 47.5 Å². The minimum atomic E-state index is 0.487. The van der Waals surface area contributed by atoms with E-state index in [2.05, 4.69) is 35.1 Å². The normalized spacial score (nSPS) is 12.5. The van der Waals surface area contributed by atoms with E-state index in [4.69, 9.17) is 5.73 Å². The minimum Gasteiger partial charge on any atom is -0.398 e. The molecule has 0 spiro atoms. The summed E-state index contributed by atoms with van der Waals surface area (Å²) in [6, 6.07) is 6.41. The van der Waals surface area contributed by atoms with Crippen molar-refractivity contribution in [2.75, 3.05) is 11.1 Å². The maximum atomic E-state index is 5.75. The second kappa shape index (κ2) is 4.51. The highest BCUT2D eigenvalue weighted by Gasteiger charge is 2.00. The molecule has 72 valence electrons. The van der Waals surface area contributed by atoms with Crippen molar-refractivity contribution in [2.45, 2.75) is 26.3 Å². The molecule has 1 unspecified atom stereocenters. The van der Waals surface area contributed by atoms with Gasteiger partial charge in [-0.15, -0.1) is 0 Å². The summed E-state index contributed by atoms with van der Waals surface area (Å²) in [6.45, 7) is 4.30. The van der Waals surface area contributed by atoms with Crippen LogP contribution in [0.2, 0.25) is 0 Å². The molecule has 0 saturated heterocycles. The first-order valence-electron chi connectivity index (χ1n) is 4.45. The minimum absolute atomic E-state index is 0.487. The molecule has 0 heterocycles. The second-order valence-corrected chi connectivity index (χ2v) is 4.04. The van der Waals surface area contributed by atoms with Gasteiger partial charge in [0.1, 0.15) is 0 Å². The molecule has 0 fully saturated rings. The SMILES string of the molecule is CCC(C)Nc1ccc(Br)c(N)c1. The molecule has 0 aliphatic carbocycles. The van der Waals surface area contributed by atoms with E-state index in [1.54, 1.807) is 0 Å². The van der Waals surface area contributed by atoms with Crippen molar-refractivity contribution in [3.05, 3.63) is 22.7 Å². The Bertz CT molecular complexity index is 286. The van der Waals surface area contributed by atoms with Crippen molar-refractivity contribution >= 4 is 27.3 Å². The number of hydrogen-bond acceptors (Lipinski definition) is 2. The van der Waals surface area contributed by atoms with E-state index in [0.29, 0.717) is 6.04 Å². The average Bonchev–Trinajstić information content (AvgIpc) is 2.11. The fourth-order valence-electron chi connectivity index (χ4n) is 1.02. The summed E-state index contributed by atoms with van der Waals surface area (Å²) < 4.78 is 0.946. The Morgan fingerprint density at radius 1 is 1.54 bits per heavy atom. The lowest BCUT2D eigenvalue weighted by Crippen LogP contribution is -2.13. The maximum Gasteiger partial charge on any atom is 0.0479 e. The molecule has 1 aromatic carbocycles. The zero-order chi connectivity index (χ0) is 9.84. The van der Waals surface area contributed by atoms with Crippen molar-refractivity contribution in [1.82, 2.24) is 0 Å². The summed E-state index contributed by atoms with van der Waals surface area (Å²) in [4.78, 5) is 0. The molecule has 0 bridgehead atoms. The summed E-state index contributed by atoms with van der Waals surface area (Å²) in [6.07, 6.45) is 1.11. The van der Waals surface area contributed by atoms with Crippen LogP contribution >= 0.6 is 15.9 Å². The van der Waals surface area contributed by atoms with E-state index in [-0.39, 0.29) is 0 Å². The molecular formula is C10H15BrN2. The van der Waals surface area contributed by atoms with Gasteiger partial charge in [-0.3, -0.25) is 0 Å². The van der Waals surface area contributed by atoms with Gasteiger partial charge in [-0.2, -0.15) is 0 Å². The van der Waals surface area contributed by atoms with Crippen LogP contribution in [0, 0.1) is 0 Å². The number of nitrogen functional groups attached to an aromatic ring is 1. The van der Waals surface area contributed by atoms with Gasteiger partial charge >= 0.3 is 0 Å². The van der Waals surface area contributed by atoms with Crippen LogP contribution in [0.15, 0.2) is 22.7 Å². The first kappa shape index (κ1) is 10.4. The highest BCUT2D eigenvalue weighted by Crippen LogP contribution is 2.23. The van der Waals surface area contributed by atoms with E-state index in [9.17, 15) is 0 Å². The van der Waals surface area contributed by atoms with Crippen LogP contribution in [-0.2, 0) is 0 Å². The van der Waals surface area contributed by atoms with Gasteiger partial charge in [-0.25, -0.2) is 0 Å². The lowest BCUT2D eigenvalue weighted by atomic mass is 10.2. The molecule has 0 amide bonds. The molecule has 0 saturated carbocycles. The Balaban J connectivity index is 2.73. The largest absolute Gasteiger partial charge is 0.398 e. The van der Waals surface area contributed by atoms with E-state index in [1.165, 1.54) is 0 Å². The van der Waals surface area contributed by atoms with E-state index in [0.717, 1.165) is 22.3 Å². The molecule has 0 aliphatic rings. The van der Waals surface area contributed by atoms with Crippen molar-refractivity contribution in [2.24, 2.45) is 0 Å². The number of rotatable bonds is 3. The molecule has 3 heteroatoms. The zero-order valence-electron chi connectivity index (χ0n) is 7.97. The van der Waals surface area contributed by atoms with Crippen molar-refractivity contribution < 1.29 is 0 Å². The molecule has 2 nitrogen and oxygen atoms in total. The molecule has 1 rings (SSSR count). The number of hydrogen-bond donors (Lipinski definition) is 2. The molecule has 0 radical (unpaired) electrons. The molecule has 0 aliphatic heterocycles. The number of nitrogens with one attached hydrogen (secondary N) is 1. The van der Waals surface area contributed by atoms with Crippen LogP contribution < -0.4 is 11.1 Å². The summed E-state index contributed by atoms with van der Waals surface area (Å²) >= 11 is 3.36. The van der Waals surface area contributed by atoms with Crippen LogP contribution in [0.3, 0.4) is 0 Å². The predicted octanol–water partition coefficient (Wildman–Crippen LogP) is 3.24. The maximum absolute atomic E-state index is 5.75. The Morgan fingerprint density at radius 3 is 2.77 bits per heavy atom. The van der Waals surface area contributed by atoms with Crippen molar-refractivity contribution in [1.29, 1.82) is 0 Å². The Kier molecular flexibility index (Phi) is 3.60. The molecule has 1 aromatic rings. The summed E-state index contributed by atoms with van der Waals surface area (Å²) in [7, 11) is 0. The average molecular weight is 243 g/mol. The molecular weight excluding hydrogens is 228 g/mol. The summed E-state index contributed by atoms with van der Waals surface area (Å²) in [5.41, 5.74) is 7.60. The third-order valence-corrected chi connectivity index (χ3v) is 2.74. The lowest BCUT2D eigenvalue weighted by Gasteiger charge is -2.13. The van der Waals surface area contributed by atoms with Gasteiger partial charge in [0.15, 0.2) is 0 Å². The van der Waals surface area contributed by atoms with Gasteiger partial charge < -0.3 is 11.1 Å².